The molecule has 2 aromatic heterocycles. The van der Waals surface area contributed by atoms with Gasteiger partial charge >= 0.3 is 6.36 Å². The van der Waals surface area contributed by atoms with Gasteiger partial charge in [-0.2, -0.15) is 0 Å². The van der Waals surface area contributed by atoms with Crippen LogP contribution in [-0.4, -0.2) is 35.5 Å². The number of H-pyrrole nitrogens is 1. The van der Waals surface area contributed by atoms with Crippen molar-refractivity contribution >= 4 is 22.8 Å². The lowest BCUT2D eigenvalue weighted by atomic mass is 10.2. The molecule has 0 fully saturated rings. The average Bonchev–Trinajstić information content (AvgIpc) is 3.01. The molecule has 1 N–H and O–H groups in total. The van der Waals surface area contributed by atoms with Gasteiger partial charge in [-0.1, -0.05) is 11.8 Å². The predicted octanol–water partition coefficient (Wildman–Crippen LogP) is 4.47. The van der Waals surface area contributed by atoms with Gasteiger partial charge in [-0.15, -0.1) is 13.2 Å². The van der Waals surface area contributed by atoms with Gasteiger partial charge in [-0.25, -0.2) is 4.98 Å². The van der Waals surface area contributed by atoms with Crippen LogP contribution in [0.15, 0.2) is 29.6 Å². The van der Waals surface area contributed by atoms with Crippen LogP contribution in [0.4, 0.5) is 13.2 Å². The number of halogens is 3. The lowest BCUT2D eigenvalue weighted by Crippen LogP contribution is -2.16. The van der Waals surface area contributed by atoms with E-state index in [0.29, 0.717) is 33.4 Å². The van der Waals surface area contributed by atoms with E-state index in [1.807, 2.05) is 6.92 Å². The van der Waals surface area contributed by atoms with Crippen molar-refractivity contribution in [2.75, 3.05) is 14.2 Å². The molecule has 3 rings (SSSR count). The van der Waals surface area contributed by atoms with E-state index in [0.717, 1.165) is 11.3 Å². The molecule has 0 saturated heterocycles. The van der Waals surface area contributed by atoms with Crippen LogP contribution >= 0.6 is 11.8 Å². The fourth-order valence-electron chi connectivity index (χ4n) is 2.52. The lowest BCUT2D eigenvalue weighted by molar-refractivity contribution is -0.274. The van der Waals surface area contributed by atoms with E-state index in [2.05, 4.69) is 19.7 Å². The van der Waals surface area contributed by atoms with Crippen LogP contribution in [0.2, 0.25) is 0 Å². The van der Waals surface area contributed by atoms with Gasteiger partial charge in [0.25, 0.3) is 0 Å². The molecule has 0 bridgehead atoms. The van der Waals surface area contributed by atoms with Crippen LogP contribution in [0.1, 0.15) is 11.3 Å². The molecule has 0 radical (unpaired) electrons. The Balaban J connectivity index is 1.77. The number of imidazole rings is 1. The molecule has 0 atom stereocenters. The maximum absolute atomic E-state index is 12.3. The van der Waals surface area contributed by atoms with Crippen molar-refractivity contribution in [3.63, 3.8) is 0 Å². The Morgan fingerprint density at radius 2 is 1.96 bits per heavy atom. The van der Waals surface area contributed by atoms with Gasteiger partial charge in [0, 0.05) is 17.4 Å². The van der Waals surface area contributed by atoms with E-state index in [4.69, 9.17) is 9.47 Å². The number of thioether (sulfide) groups is 1. The third-order valence-corrected chi connectivity index (χ3v) is 4.66. The van der Waals surface area contributed by atoms with Gasteiger partial charge in [0.1, 0.15) is 5.75 Å². The van der Waals surface area contributed by atoms with Crippen LogP contribution in [0.25, 0.3) is 11.0 Å². The highest BCUT2D eigenvalue weighted by Crippen LogP contribution is 2.34. The predicted molar refractivity (Wildman–Crippen MR) is 94.4 cm³/mol. The van der Waals surface area contributed by atoms with Gasteiger partial charge in [-0.05, 0) is 19.1 Å². The van der Waals surface area contributed by atoms with E-state index >= 15 is 0 Å². The number of ether oxygens (including phenoxy) is 3. The third-order valence-electron chi connectivity index (χ3n) is 3.77. The zero-order chi connectivity index (χ0) is 19.6. The summed E-state index contributed by atoms with van der Waals surface area (Å²) in [4.78, 5) is 11.7. The van der Waals surface area contributed by atoms with Crippen molar-refractivity contribution in [3.8, 4) is 17.2 Å². The van der Waals surface area contributed by atoms with Gasteiger partial charge in [0.05, 0.1) is 37.1 Å². The van der Waals surface area contributed by atoms with E-state index in [-0.39, 0.29) is 5.75 Å². The fraction of sp³-hybridized carbons (Fsp3) is 0.294. The number of fused-ring (bicyclic) bond motifs is 1. The maximum Gasteiger partial charge on any atom is 0.573 e. The summed E-state index contributed by atoms with van der Waals surface area (Å²) in [6.07, 6.45) is -3.15. The number of aromatic amines is 1. The van der Waals surface area contributed by atoms with Crippen LogP contribution in [0.5, 0.6) is 17.2 Å². The van der Waals surface area contributed by atoms with Gasteiger partial charge in [0.2, 0.25) is 0 Å². The molecule has 0 aliphatic heterocycles. The highest BCUT2D eigenvalue weighted by atomic mass is 32.2. The SMILES string of the molecule is COc1cnc(CSc2nc3cc(OC(F)(F)F)ccc3[nH]2)c(C)c1OC. The lowest BCUT2D eigenvalue weighted by Gasteiger charge is -2.12. The van der Waals surface area contributed by atoms with Crippen LogP contribution in [-0.2, 0) is 5.75 Å². The van der Waals surface area contributed by atoms with Crippen molar-refractivity contribution in [1.29, 1.82) is 0 Å². The molecule has 27 heavy (non-hydrogen) atoms. The molecular weight excluding hydrogens is 383 g/mol. The Labute approximate surface area is 157 Å². The quantitative estimate of drug-likeness (QED) is 0.617. The molecule has 0 unspecified atom stereocenters. The van der Waals surface area contributed by atoms with E-state index < -0.39 is 6.36 Å². The number of rotatable bonds is 6. The first kappa shape index (κ1) is 19.2. The summed E-state index contributed by atoms with van der Waals surface area (Å²) < 4.78 is 51.5. The summed E-state index contributed by atoms with van der Waals surface area (Å²) in [5.41, 5.74) is 2.64. The molecule has 3 aromatic rings. The smallest absolute Gasteiger partial charge is 0.492 e. The number of nitrogens with one attached hydrogen (secondary N) is 1. The number of aromatic nitrogens is 3. The Morgan fingerprint density at radius 1 is 1.19 bits per heavy atom. The number of benzene rings is 1. The van der Waals surface area contributed by atoms with E-state index in [9.17, 15) is 13.2 Å². The second-order valence-electron chi connectivity index (χ2n) is 5.49. The zero-order valence-electron chi connectivity index (χ0n) is 14.7. The number of pyridine rings is 1. The van der Waals surface area contributed by atoms with Crippen molar-refractivity contribution in [2.24, 2.45) is 0 Å². The monoisotopic (exact) mass is 399 g/mol. The Morgan fingerprint density at radius 3 is 2.63 bits per heavy atom. The minimum absolute atomic E-state index is 0.310. The van der Waals surface area contributed by atoms with E-state index in [1.165, 1.54) is 30.0 Å². The summed E-state index contributed by atoms with van der Waals surface area (Å²) in [6.45, 7) is 1.88. The second-order valence-corrected chi connectivity index (χ2v) is 6.45. The number of hydrogen-bond acceptors (Lipinski definition) is 6. The average molecular weight is 399 g/mol. The van der Waals surface area contributed by atoms with Crippen molar-refractivity contribution < 1.29 is 27.4 Å². The molecular formula is C17H16F3N3O3S. The number of methoxy groups -OCH3 is 2. The molecule has 6 nitrogen and oxygen atoms in total. The third kappa shape index (κ3) is 4.38. The molecule has 0 amide bonds. The second kappa shape index (κ2) is 7.55. The van der Waals surface area contributed by atoms with E-state index in [1.54, 1.807) is 20.4 Å². The highest BCUT2D eigenvalue weighted by Gasteiger charge is 2.31. The Bertz CT molecular complexity index is 960. The number of alkyl halides is 3. The minimum atomic E-state index is -4.74. The summed E-state index contributed by atoms with van der Waals surface area (Å²) in [6, 6.07) is 3.97. The minimum Gasteiger partial charge on any atom is -0.492 e. The van der Waals surface area contributed by atoms with Crippen molar-refractivity contribution in [3.05, 3.63) is 35.7 Å². The molecule has 0 spiro atoms. The Hall–Kier alpha value is -2.62. The first-order valence-corrected chi connectivity index (χ1v) is 8.74. The van der Waals surface area contributed by atoms with Gasteiger partial charge < -0.3 is 19.2 Å². The normalized spacial score (nSPS) is 11.6. The molecule has 0 aliphatic rings. The zero-order valence-corrected chi connectivity index (χ0v) is 15.5. The standard InChI is InChI=1S/C17H16F3N3O3S/c1-9-13(21-7-14(24-2)15(9)25-3)8-27-16-22-11-5-4-10(6-12(11)23-16)26-17(18,19)20/h4-7H,8H2,1-3H3,(H,22,23). The summed E-state index contributed by atoms with van der Waals surface area (Å²) >= 11 is 1.38. The molecule has 1 aromatic carbocycles. The largest absolute Gasteiger partial charge is 0.573 e. The molecule has 144 valence electrons. The summed E-state index contributed by atoms with van der Waals surface area (Å²) in [7, 11) is 3.10. The first-order chi connectivity index (χ1) is 12.8. The highest BCUT2D eigenvalue weighted by molar-refractivity contribution is 7.98. The fourth-order valence-corrected chi connectivity index (χ4v) is 3.43. The molecule has 10 heteroatoms. The Kier molecular flexibility index (Phi) is 5.36. The summed E-state index contributed by atoms with van der Waals surface area (Å²) in [5, 5.41) is 0.560. The number of nitrogens with zero attached hydrogens (tertiary/aromatic N) is 2. The molecule has 0 saturated carbocycles. The van der Waals surface area contributed by atoms with Crippen LogP contribution in [0, 0.1) is 6.92 Å². The molecule has 0 aliphatic carbocycles. The first-order valence-electron chi connectivity index (χ1n) is 7.75. The van der Waals surface area contributed by atoms with Crippen LogP contribution < -0.4 is 14.2 Å². The topological polar surface area (TPSA) is 69.3 Å². The summed E-state index contributed by atoms with van der Waals surface area (Å²) in [5.74, 6) is 1.35. The van der Waals surface area contributed by atoms with Gasteiger partial charge in [0.15, 0.2) is 16.7 Å². The number of hydrogen-bond donors (Lipinski definition) is 1. The van der Waals surface area contributed by atoms with Crippen molar-refractivity contribution in [1.82, 2.24) is 15.0 Å². The molecule has 2 heterocycles. The van der Waals surface area contributed by atoms with Crippen molar-refractivity contribution in [2.45, 2.75) is 24.2 Å². The van der Waals surface area contributed by atoms with Crippen LogP contribution in [0.3, 0.4) is 0 Å². The van der Waals surface area contributed by atoms with Gasteiger partial charge in [-0.3, -0.25) is 4.98 Å². The maximum atomic E-state index is 12.3.